The number of methoxy groups -OCH3 is 1. The van der Waals surface area contributed by atoms with Crippen molar-refractivity contribution < 1.29 is 14.3 Å². The molecule has 118 valence electrons. The van der Waals surface area contributed by atoms with Crippen molar-refractivity contribution in [2.45, 2.75) is 52.6 Å². The van der Waals surface area contributed by atoms with E-state index in [1.54, 1.807) is 13.1 Å². The van der Waals surface area contributed by atoms with Crippen molar-refractivity contribution in [3.63, 3.8) is 0 Å². The van der Waals surface area contributed by atoms with Crippen molar-refractivity contribution in [2.75, 3.05) is 19.0 Å². The summed E-state index contributed by atoms with van der Waals surface area (Å²) in [5.41, 5.74) is 0.723. The summed E-state index contributed by atoms with van der Waals surface area (Å²) in [6, 6.07) is 1.86. The first-order valence-electron chi connectivity index (χ1n) is 7.42. The van der Waals surface area contributed by atoms with Crippen LogP contribution >= 0.6 is 0 Å². The van der Waals surface area contributed by atoms with Crippen LogP contribution in [0.4, 0.5) is 5.69 Å². The highest BCUT2D eigenvalue weighted by Gasteiger charge is 2.31. The second-order valence-corrected chi connectivity index (χ2v) is 5.29. The number of rotatable bonds is 8. The third-order valence-electron chi connectivity index (χ3n) is 3.63. The van der Waals surface area contributed by atoms with Crippen molar-refractivity contribution in [3.8, 4) is 5.88 Å². The van der Waals surface area contributed by atoms with Gasteiger partial charge in [-0.15, -0.1) is 0 Å². The Balaban J connectivity index is 2.73. The van der Waals surface area contributed by atoms with Crippen LogP contribution in [0, 0.1) is 6.92 Å². The molecule has 5 nitrogen and oxygen atoms in total. The van der Waals surface area contributed by atoms with Crippen LogP contribution in [0.1, 0.15) is 45.6 Å². The van der Waals surface area contributed by atoms with Crippen LogP contribution in [0.3, 0.4) is 0 Å². The maximum atomic E-state index is 12.2. The summed E-state index contributed by atoms with van der Waals surface area (Å²) in [5, 5.41) is 2.84. The summed E-state index contributed by atoms with van der Waals surface area (Å²) < 4.78 is 10.9. The Hall–Kier alpha value is -1.62. The Morgan fingerprint density at radius 2 is 2.14 bits per heavy atom. The number of ether oxygens (including phenoxy) is 2. The van der Waals surface area contributed by atoms with E-state index in [0.717, 1.165) is 18.4 Å². The van der Waals surface area contributed by atoms with Gasteiger partial charge in [0.25, 0.3) is 5.91 Å². The van der Waals surface area contributed by atoms with E-state index in [2.05, 4.69) is 17.2 Å². The van der Waals surface area contributed by atoms with Gasteiger partial charge in [-0.1, -0.05) is 20.3 Å². The van der Waals surface area contributed by atoms with E-state index in [1.165, 1.54) is 7.11 Å². The lowest BCUT2D eigenvalue weighted by molar-refractivity contribution is -0.136. The normalized spacial score (nSPS) is 13.6. The van der Waals surface area contributed by atoms with Crippen molar-refractivity contribution in [2.24, 2.45) is 0 Å². The first kappa shape index (κ1) is 17.4. The number of aryl methyl sites for hydroxylation is 1. The molecule has 1 heterocycles. The fourth-order valence-corrected chi connectivity index (χ4v) is 1.76. The van der Waals surface area contributed by atoms with Gasteiger partial charge in [0.15, 0.2) is 0 Å². The second kappa shape index (κ2) is 7.98. The van der Waals surface area contributed by atoms with Gasteiger partial charge in [0.05, 0.1) is 18.5 Å². The van der Waals surface area contributed by atoms with Crippen LogP contribution in [0.25, 0.3) is 0 Å². The number of hydrogen-bond acceptors (Lipinski definition) is 4. The summed E-state index contributed by atoms with van der Waals surface area (Å²) in [6.45, 7) is 8.37. The fraction of sp³-hybridized carbons (Fsp3) is 0.625. The van der Waals surface area contributed by atoms with Gasteiger partial charge in [0, 0.05) is 12.7 Å². The summed E-state index contributed by atoms with van der Waals surface area (Å²) in [5.74, 6) is 0.444. The van der Waals surface area contributed by atoms with Crippen molar-refractivity contribution in [3.05, 3.63) is 17.8 Å². The lowest BCUT2D eigenvalue weighted by Crippen LogP contribution is -2.41. The smallest absolute Gasteiger partial charge is 0.256 e. The minimum atomic E-state index is -0.829. The molecule has 0 radical (unpaired) electrons. The topological polar surface area (TPSA) is 60.5 Å². The Bertz CT molecular complexity index is 471. The van der Waals surface area contributed by atoms with Crippen molar-refractivity contribution in [1.82, 2.24) is 4.98 Å². The number of amides is 1. The number of anilines is 1. The standard InChI is InChI=1S/C16H26N2O3/c1-6-8-9-21-14-12(3)10-13(11-17-14)18-15(19)16(4,7-2)20-5/h10-11H,6-9H2,1-5H3,(H,18,19). The van der Waals surface area contributed by atoms with Gasteiger partial charge in [-0.05, 0) is 32.8 Å². The maximum absolute atomic E-state index is 12.2. The van der Waals surface area contributed by atoms with Gasteiger partial charge in [-0.2, -0.15) is 0 Å². The third kappa shape index (κ3) is 4.70. The molecule has 1 aromatic heterocycles. The molecular weight excluding hydrogens is 268 g/mol. The lowest BCUT2D eigenvalue weighted by Gasteiger charge is -2.25. The molecule has 5 heteroatoms. The Labute approximate surface area is 127 Å². The molecule has 21 heavy (non-hydrogen) atoms. The molecule has 0 aliphatic rings. The number of aromatic nitrogens is 1. The van der Waals surface area contributed by atoms with E-state index in [0.29, 0.717) is 24.6 Å². The summed E-state index contributed by atoms with van der Waals surface area (Å²) >= 11 is 0. The van der Waals surface area contributed by atoms with Crippen LogP contribution in [0.15, 0.2) is 12.3 Å². The lowest BCUT2D eigenvalue weighted by atomic mass is 10.0. The van der Waals surface area contributed by atoms with Gasteiger partial charge in [0.2, 0.25) is 5.88 Å². The average molecular weight is 294 g/mol. The van der Waals surface area contributed by atoms with Crippen LogP contribution in [-0.2, 0) is 9.53 Å². The highest BCUT2D eigenvalue weighted by Crippen LogP contribution is 2.21. The molecule has 1 unspecified atom stereocenters. The molecule has 1 rings (SSSR count). The zero-order valence-electron chi connectivity index (χ0n) is 13.7. The molecule has 1 aromatic rings. The largest absolute Gasteiger partial charge is 0.477 e. The predicted molar refractivity (Wildman–Crippen MR) is 83.7 cm³/mol. The number of carbonyl (C=O) groups is 1. The van der Waals surface area contributed by atoms with Gasteiger partial charge >= 0.3 is 0 Å². The van der Waals surface area contributed by atoms with E-state index in [-0.39, 0.29) is 5.91 Å². The van der Waals surface area contributed by atoms with Gasteiger partial charge < -0.3 is 14.8 Å². The molecule has 0 aliphatic carbocycles. The minimum absolute atomic E-state index is 0.173. The van der Waals surface area contributed by atoms with Gasteiger partial charge in [0.1, 0.15) is 5.60 Å². The molecule has 0 fully saturated rings. The maximum Gasteiger partial charge on any atom is 0.256 e. The molecular formula is C16H26N2O3. The number of hydrogen-bond donors (Lipinski definition) is 1. The van der Waals surface area contributed by atoms with Crippen LogP contribution in [-0.4, -0.2) is 30.2 Å². The van der Waals surface area contributed by atoms with Crippen LogP contribution < -0.4 is 10.1 Å². The molecule has 0 spiro atoms. The molecule has 0 aromatic carbocycles. The number of pyridine rings is 1. The summed E-state index contributed by atoms with van der Waals surface area (Å²) in [4.78, 5) is 16.5. The van der Waals surface area contributed by atoms with E-state index >= 15 is 0 Å². The molecule has 0 saturated carbocycles. The zero-order chi connectivity index (χ0) is 15.9. The van der Waals surface area contributed by atoms with Gasteiger partial charge in [-0.3, -0.25) is 4.79 Å². The molecule has 1 N–H and O–H groups in total. The molecule has 1 amide bonds. The van der Waals surface area contributed by atoms with E-state index in [9.17, 15) is 4.79 Å². The molecule has 0 saturated heterocycles. The minimum Gasteiger partial charge on any atom is -0.477 e. The van der Waals surface area contributed by atoms with E-state index in [4.69, 9.17) is 9.47 Å². The monoisotopic (exact) mass is 294 g/mol. The Kier molecular flexibility index (Phi) is 6.62. The second-order valence-electron chi connectivity index (χ2n) is 5.29. The van der Waals surface area contributed by atoms with E-state index in [1.807, 2.05) is 19.9 Å². The first-order valence-corrected chi connectivity index (χ1v) is 7.42. The van der Waals surface area contributed by atoms with Crippen LogP contribution in [0.2, 0.25) is 0 Å². The van der Waals surface area contributed by atoms with Crippen molar-refractivity contribution >= 4 is 11.6 Å². The highest BCUT2D eigenvalue weighted by molar-refractivity contribution is 5.96. The van der Waals surface area contributed by atoms with Gasteiger partial charge in [-0.25, -0.2) is 4.98 Å². The fourth-order valence-electron chi connectivity index (χ4n) is 1.76. The predicted octanol–water partition coefficient (Wildman–Crippen LogP) is 3.32. The van der Waals surface area contributed by atoms with E-state index < -0.39 is 5.60 Å². The summed E-state index contributed by atoms with van der Waals surface area (Å²) in [6.07, 6.45) is 4.29. The number of nitrogens with one attached hydrogen (secondary N) is 1. The average Bonchev–Trinajstić information content (AvgIpc) is 2.48. The van der Waals surface area contributed by atoms with Crippen LogP contribution in [0.5, 0.6) is 5.88 Å². The highest BCUT2D eigenvalue weighted by atomic mass is 16.5. The Morgan fingerprint density at radius 3 is 2.67 bits per heavy atom. The summed E-state index contributed by atoms with van der Waals surface area (Å²) in [7, 11) is 1.54. The number of nitrogens with zero attached hydrogens (tertiary/aromatic N) is 1. The van der Waals surface area contributed by atoms with Crippen molar-refractivity contribution in [1.29, 1.82) is 0 Å². The number of carbonyl (C=O) groups excluding carboxylic acids is 1. The molecule has 0 bridgehead atoms. The third-order valence-corrected chi connectivity index (χ3v) is 3.63. The number of unbranched alkanes of at least 4 members (excludes halogenated alkanes) is 1. The quantitative estimate of drug-likeness (QED) is 0.747. The first-order chi connectivity index (χ1) is 9.96. The Morgan fingerprint density at radius 1 is 1.43 bits per heavy atom. The molecule has 1 atom stereocenters. The zero-order valence-corrected chi connectivity index (χ0v) is 13.7. The molecule has 0 aliphatic heterocycles. The SMILES string of the molecule is CCCCOc1ncc(NC(=O)C(C)(CC)OC)cc1C.